The molecule has 0 aromatic carbocycles. The van der Waals surface area contributed by atoms with Crippen LogP contribution in [0.15, 0.2) is 0 Å². The van der Waals surface area contributed by atoms with Gasteiger partial charge in [-0.2, -0.15) is 0 Å². The summed E-state index contributed by atoms with van der Waals surface area (Å²) in [5, 5.41) is 3.84. The first-order valence-electron chi connectivity index (χ1n) is 6.62. The van der Waals surface area contributed by atoms with Crippen molar-refractivity contribution in [3.8, 4) is 0 Å². The fraction of sp³-hybridized carbons (Fsp3) is 1.00. The molecule has 0 heterocycles. The van der Waals surface area contributed by atoms with Crippen molar-refractivity contribution >= 4 is 0 Å². The number of nitrogens with one attached hydrogen (secondary N) is 1. The molecule has 2 aliphatic rings. The lowest BCUT2D eigenvalue weighted by Crippen LogP contribution is -2.51. The Balaban J connectivity index is 1.73. The molecule has 0 aliphatic heterocycles. The zero-order valence-corrected chi connectivity index (χ0v) is 10.2. The quantitative estimate of drug-likeness (QED) is 0.772. The normalized spacial score (nSPS) is 41.2. The highest BCUT2D eigenvalue weighted by Crippen LogP contribution is 2.30. The van der Waals surface area contributed by atoms with Crippen molar-refractivity contribution in [2.45, 2.75) is 70.1 Å². The lowest BCUT2D eigenvalue weighted by Gasteiger charge is -2.41. The molecule has 0 radical (unpaired) electrons. The molecular formula is C13H25NO. The van der Waals surface area contributed by atoms with Gasteiger partial charge in [0.05, 0.1) is 6.10 Å². The molecule has 0 bridgehead atoms. The molecule has 0 aromatic rings. The van der Waals surface area contributed by atoms with E-state index in [0.717, 1.165) is 18.0 Å². The Bertz CT molecular complexity index is 189. The SMILES string of the molecule is CCC1CCCCC1NC1CC(OC)C1. The second-order valence-corrected chi connectivity index (χ2v) is 5.25. The summed E-state index contributed by atoms with van der Waals surface area (Å²) in [7, 11) is 1.83. The first-order chi connectivity index (χ1) is 7.33. The van der Waals surface area contributed by atoms with Crippen LogP contribution in [0.4, 0.5) is 0 Å². The predicted molar refractivity (Wildman–Crippen MR) is 63.0 cm³/mol. The zero-order chi connectivity index (χ0) is 10.7. The number of rotatable bonds is 4. The first-order valence-corrected chi connectivity index (χ1v) is 6.62. The van der Waals surface area contributed by atoms with E-state index in [9.17, 15) is 0 Å². The van der Waals surface area contributed by atoms with E-state index in [0.29, 0.717) is 6.10 Å². The van der Waals surface area contributed by atoms with Gasteiger partial charge in [-0.1, -0.05) is 26.2 Å². The summed E-state index contributed by atoms with van der Waals surface area (Å²) in [6.07, 6.45) is 10.0. The smallest absolute Gasteiger partial charge is 0.0601 e. The standard InChI is InChI=1S/C13H25NO/c1-3-10-6-4-5-7-13(10)14-11-8-12(9-11)15-2/h10-14H,3-9H2,1-2H3. The molecule has 2 heteroatoms. The number of methoxy groups -OCH3 is 1. The van der Waals surface area contributed by atoms with E-state index in [4.69, 9.17) is 4.74 Å². The van der Waals surface area contributed by atoms with Gasteiger partial charge in [-0.05, 0) is 31.6 Å². The van der Waals surface area contributed by atoms with Crippen molar-refractivity contribution in [1.29, 1.82) is 0 Å². The third kappa shape index (κ3) is 2.73. The highest BCUT2D eigenvalue weighted by atomic mass is 16.5. The third-order valence-corrected chi connectivity index (χ3v) is 4.31. The van der Waals surface area contributed by atoms with Gasteiger partial charge in [0.2, 0.25) is 0 Å². The number of ether oxygens (including phenoxy) is 1. The van der Waals surface area contributed by atoms with Crippen molar-refractivity contribution < 1.29 is 4.74 Å². The topological polar surface area (TPSA) is 21.3 Å². The Hall–Kier alpha value is -0.0800. The molecule has 0 spiro atoms. The molecule has 2 fully saturated rings. The maximum atomic E-state index is 5.32. The lowest BCUT2D eigenvalue weighted by atomic mass is 9.80. The second kappa shape index (κ2) is 5.31. The summed E-state index contributed by atoms with van der Waals surface area (Å²) in [6, 6.07) is 1.54. The maximum Gasteiger partial charge on any atom is 0.0601 e. The molecule has 0 saturated heterocycles. The van der Waals surface area contributed by atoms with E-state index in [1.807, 2.05) is 7.11 Å². The van der Waals surface area contributed by atoms with Crippen LogP contribution < -0.4 is 5.32 Å². The Morgan fingerprint density at radius 1 is 1.20 bits per heavy atom. The average Bonchev–Trinajstić information content (AvgIpc) is 2.23. The van der Waals surface area contributed by atoms with E-state index < -0.39 is 0 Å². The molecule has 2 aliphatic carbocycles. The Labute approximate surface area is 93.8 Å². The molecule has 0 aromatic heterocycles. The van der Waals surface area contributed by atoms with Crippen LogP contribution in [-0.2, 0) is 4.74 Å². The van der Waals surface area contributed by atoms with Crippen molar-refractivity contribution in [1.82, 2.24) is 5.32 Å². The van der Waals surface area contributed by atoms with Crippen LogP contribution in [0.1, 0.15) is 51.9 Å². The van der Waals surface area contributed by atoms with Gasteiger partial charge in [0.1, 0.15) is 0 Å². The highest BCUT2D eigenvalue weighted by molar-refractivity contribution is 4.91. The van der Waals surface area contributed by atoms with Crippen LogP contribution in [-0.4, -0.2) is 25.3 Å². The largest absolute Gasteiger partial charge is 0.381 e. The summed E-state index contributed by atoms with van der Waals surface area (Å²) in [4.78, 5) is 0. The summed E-state index contributed by atoms with van der Waals surface area (Å²) >= 11 is 0. The van der Waals surface area contributed by atoms with E-state index in [-0.39, 0.29) is 0 Å². The van der Waals surface area contributed by atoms with Crippen molar-refractivity contribution in [3.63, 3.8) is 0 Å². The van der Waals surface area contributed by atoms with Gasteiger partial charge < -0.3 is 10.1 Å². The average molecular weight is 211 g/mol. The Morgan fingerprint density at radius 2 is 1.93 bits per heavy atom. The molecule has 2 saturated carbocycles. The van der Waals surface area contributed by atoms with Crippen LogP contribution in [0, 0.1) is 5.92 Å². The molecule has 0 amide bonds. The Morgan fingerprint density at radius 3 is 2.60 bits per heavy atom. The molecule has 2 nitrogen and oxygen atoms in total. The highest BCUT2D eigenvalue weighted by Gasteiger charge is 2.33. The molecule has 2 rings (SSSR count). The first kappa shape index (κ1) is 11.4. The summed E-state index contributed by atoms with van der Waals surface area (Å²) in [5.74, 6) is 0.931. The Kier molecular flexibility index (Phi) is 4.04. The minimum absolute atomic E-state index is 0.533. The monoisotopic (exact) mass is 211 g/mol. The van der Waals surface area contributed by atoms with Gasteiger partial charge in [0, 0.05) is 19.2 Å². The van der Waals surface area contributed by atoms with Crippen LogP contribution >= 0.6 is 0 Å². The predicted octanol–water partition coefficient (Wildman–Crippen LogP) is 2.72. The van der Waals surface area contributed by atoms with Crippen LogP contribution in [0.3, 0.4) is 0 Å². The summed E-state index contributed by atoms with van der Waals surface area (Å²) in [5.41, 5.74) is 0. The van der Waals surface area contributed by atoms with Crippen LogP contribution in [0.5, 0.6) is 0 Å². The van der Waals surface area contributed by atoms with Gasteiger partial charge in [-0.15, -0.1) is 0 Å². The third-order valence-electron chi connectivity index (χ3n) is 4.31. The van der Waals surface area contributed by atoms with Gasteiger partial charge in [0.15, 0.2) is 0 Å². The number of hydrogen-bond acceptors (Lipinski definition) is 2. The van der Waals surface area contributed by atoms with E-state index in [2.05, 4.69) is 12.2 Å². The van der Waals surface area contributed by atoms with Crippen LogP contribution in [0.25, 0.3) is 0 Å². The minimum Gasteiger partial charge on any atom is -0.381 e. The zero-order valence-electron chi connectivity index (χ0n) is 10.2. The van der Waals surface area contributed by atoms with Crippen molar-refractivity contribution in [2.24, 2.45) is 5.92 Å². The fourth-order valence-corrected chi connectivity index (χ4v) is 3.11. The van der Waals surface area contributed by atoms with E-state index >= 15 is 0 Å². The summed E-state index contributed by atoms with van der Waals surface area (Å²) < 4.78 is 5.32. The molecule has 2 atom stereocenters. The second-order valence-electron chi connectivity index (χ2n) is 5.25. The van der Waals surface area contributed by atoms with Crippen molar-refractivity contribution in [3.05, 3.63) is 0 Å². The maximum absolute atomic E-state index is 5.32. The van der Waals surface area contributed by atoms with Gasteiger partial charge in [-0.25, -0.2) is 0 Å². The van der Waals surface area contributed by atoms with Crippen LogP contribution in [0.2, 0.25) is 0 Å². The van der Waals surface area contributed by atoms with E-state index in [1.165, 1.54) is 44.9 Å². The molecule has 2 unspecified atom stereocenters. The molecule has 1 N–H and O–H groups in total. The van der Waals surface area contributed by atoms with Gasteiger partial charge in [-0.3, -0.25) is 0 Å². The van der Waals surface area contributed by atoms with Gasteiger partial charge >= 0.3 is 0 Å². The molecule has 88 valence electrons. The van der Waals surface area contributed by atoms with E-state index in [1.54, 1.807) is 0 Å². The lowest BCUT2D eigenvalue weighted by molar-refractivity contribution is 0.00974. The molecule has 15 heavy (non-hydrogen) atoms. The fourth-order valence-electron chi connectivity index (χ4n) is 3.11. The minimum atomic E-state index is 0.533. The summed E-state index contributed by atoms with van der Waals surface area (Å²) in [6.45, 7) is 2.34. The van der Waals surface area contributed by atoms with Gasteiger partial charge in [0.25, 0.3) is 0 Å². The van der Waals surface area contributed by atoms with Crippen molar-refractivity contribution in [2.75, 3.05) is 7.11 Å². The molecular weight excluding hydrogens is 186 g/mol. The number of hydrogen-bond donors (Lipinski definition) is 1.